The maximum absolute atomic E-state index is 13.1. The topological polar surface area (TPSA) is 15.3 Å². The highest BCUT2D eigenvalue weighted by Crippen LogP contribution is 2.32. The normalized spacial score (nSPS) is 22.3. The number of rotatable bonds is 4. The van der Waals surface area contributed by atoms with E-state index in [0.29, 0.717) is 11.1 Å². The Bertz CT molecular complexity index is 411. The number of hydrogen-bond acceptors (Lipinski definition) is 2. The SMILES string of the molecule is CNCC1CCCN1C(C)c1ccc(F)cc1Cl. The largest absolute Gasteiger partial charge is 0.318 e. The highest BCUT2D eigenvalue weighted by Gasteiger charge is 2.29. The van der Waals surface area contributed by atoms with Gasteiger partial charge < -0.3 is 5.32 Å². The standard InChI is InChI=1S/C14H20ClFN2/c1-10(13-6-5-11(16)8-14(13)15)18-7-3-4-12(18)9-17-2/h5-6,8,10,12,17H,3-4,7,9H2,1-2H3. The second kappa shape index (κ2) is 6.00. The lowest BCUT2D eigenvalue weighted by atomic mass is 10.1. The van der Waals surface area contributed by atoms with Gasteiger partial charge in [0, 0.05) is 23.7 Å². The van der Waals surface area contributed by atoms with Crippen molar-refractivity contribution in [2.75, 3.05) is 20.1 Å². The van der Waals surface area contributed by atoms with E-state index in [9.17, 15) is 4.39 Å². The van der Waals surface area contributed by atoms with Gasteiger partial charge in [-0.3, -0.25) is 4.90 Å². The zero-order valence-electron chi connectivity index (χ0n) is 10.9. The minimum atomic E-state index is -0.274. The number of likely N-dealkylation sites (tertiary alicyclic amines) is 1. The average molecular weight is 271 g/mol. The summed E-state index contributed by atoms with van der Waals surface area (Å²) in [6.07, 6.45) is 2.43. The summed E-state index contributed by atoms with van der Waals surface area (Å²) in [5, 5.41) is 3.76. The highest BCUT2D eigenvalue weighted by molar-refractivity contribution is 6.31. The van der Waals surface area contributed by atoms with Crippen LogP contribution in [0.1, 0.15) is 31.4 Å². The number of halogens is 2. The smallest absolute Gasteiger partial charge is 0.124 e. The van der Waals surface area contributed by atoms with Crippen molar-refractivity contribution in [2.24, 2.45) is 0 Å². The molecule has 1 fully saturated rings. The van der Waals surface area contributed by atoms with Gasteiger partial charge in [-0.2, -0.15) is 0 Å². The maximum atomic E-state index is 13.1. The number of likely N-dealkylation sites (N-methyl/N-ethyl adjacent to an activating group) is 1. The van der Waals surface area contributed by atoms with E-state index >= 15 is 0 Å². The van der Waals surface area contributed by atoms with Crippen LogP contribution in [0.3, 0.4) is 0 Å². The van der Waals surface area contributed by atoms with Gasteiger partial charge in [-0.25, -0.2) is 4.39 Å². The molecule has 0 radical (unpaired) electrons. The Morgan fingerprint density at radius 2 is 2.33 bits per heavy atom. The molecular formula is C14H20ClFN2. The van der Waals surface area contributed by atoms with Crippen LogP contribution in [0, 0.1) is 5.82 Å². The molecule has 1 N–H and O–H groups in total. The quantitative estimate of drug-likeness (QED) is 0.904. The van der Waals surface area contributed by atoms with Gasteiger partial charge in [0.05, 0.1) is 0 Å². The predicted molar refractivity (Wildman–Crippen MR) is 73.5 cm³/mol. The van der Waals surface area contributed by atoms with Crippen molar-refractivity contribution in [3.63, 3.8) is 0 Å². The summed E-state index contributed by atoms with van der Waals surface area (Å²) in [5.41, 5.74) is 1.01. The average Bonchev–Trinajstić information content (AvgIpc) is 2.77. The highest BCUT2D eigenvalue weighted by atomic mass is 35.5. The molecule has 0 aromatic heterocycles. The summed E-state index contributed by atoms with van der Waals surface area (Å²) in [6.45, 7) is 4.22. The van der Waals surface area contributed by atoms with E-state index in [1.807, 2.05) is 7.05 Å². The second-order valence-electron chi connectivity index (χ2n) is 4.93. The van der Waals surface area contributed by atoms with E-state index in [1.54, 1.807) is 6.07 Å². The van der Waals surface area contributed by atoms with Crippen molar-refractivity contribution in [2.45, 2.75) is 31.8 Å². The minimum absolute atomic E-state index is 0.235. The van der Waals surface area contributed by atoms with Gasteiger partial charge in [0.1, 0.15) is 5.82 Å². The van der Waals surface area contributed by atoms with E-state index in [-0.39, 0.29) is 11.9 Å². The molecule has 1 aromatic rings. The zero-order chi connectivity index (χ0) is 13.1. The van der Waals surface area contributed by atoms with Gasteiger partial charge in [-0.1, -0.05) is 17.7 Å². The van der Waals surface area contributed by atoms with E-state index in [4.69, 9.17) is 11.6 Å². The zero-order valence-corrected chi connectivity index (χ0v) is 11.7. The van der Waals surface area contributed by atoms with Crippen molar-refractivity contribution < 1.29 is 4.39 Å². The van der Waals surface area contributed by atoms with Crippen LogP contribution in [-0.4, -0.2) is 31.1 Å². The van der Waals surface area contributed by atoms with Crippen molar-refractivity contribution in [3.8, 4) is 0 Å². The van der Waals surface area contributed by atoms with Crippen LogP contribution >= 0.6 is 11.6 Å². The Kier molecular flexibility index (Phi) is 4.60. The number of benzene rings is 1. The third-order valence-corrected chi connectivity index (χ3v) is 4.10. The molecule has 4 heteroatoms. The van der Waals surface area contributed by atoms with Gasteiger partial charge in [0.15, 0.2) is 0 Å². The van der Waals surface area contributed by atoms with Crippen LogP contribution in [-0.2, 0) is 0 Å². The van der Waals surface area contributed by atoms with E-state index in [2.05, 4.69) is 17.1 Å². The molecule has 1 saturated heterocycles. The molecule has 0 spiro atoms. The Morgan fingerprint density at radius 3 is 3.00 bits per heavy atom. The summed E-state index contributed by atoms with van der Waals surface area (Å²) in [6, 6.07) is 5.47. The van der Waals surface area contributed by atoms with Gasteiger partial charge in [-0.15, -0.1) is 0 Å². The van der Waals surface area contributed by atoms with Gasteiger partial charge in [0.2, 0.25) is 0 Å². The third-order valence-electron chi connectivity index (χ3n) is 3.77. The number of hydrogen-bond donors (Lipinski definition) is 1. The molecular weight excluding hydrogens is 251 g/mol. The van der Waals surface area contributed by atoms with Crippen molar-refractivity contribution in [3.05, 3.63) is 34.6 Å². The molecule has 1 aliphatic heterocycles. The Hall–Kier alpha value is -0.640. The van der Waals surface area contributed by atoms with E-state index < -0.39 is 0 Å². The van der Waals surface area contributed by atoms with Crippen molar-refractivity contribution >= 4 is 11.6 Å². The molecule has 100 valence electrons. The van der Waals surface area contributed by atoms with Crippen LogP contribution in [0.5, 0.6) is 0 Å². The molecule has 1 aliphatic rings. The van der Waals surface area contributed by atoms with Gasteiger partial charge in [-0.05, 0) is 51.1 Å². The monoisotopic (exact) mass is 270 g/mol. The molecule has 2 rings (SSSR count). The summed E-state index contributed by atoms with van der Waals surface area (Å²) in [4.78, 5) is 2.45. The van der Waals surface area contributed by atoms with E-state index in [0.717, 1.165) is 18.7 Å². The first-order valence-corrected chi connectivity index (χ1v) is 6.86. The lowest BCUT2D eigenvalue weighted by molar-refractivity contribution is 0.191. The Labute approximate surface area is 113 Å². The van der Waals surface area contributed by atoms with Crippen LogP contribution < -0.4 is 5.32 Å². The van der Waals surface area contributed by atoms with Gasteiger partial charge >= 0.3 is 0 Å². The number of nitrogens with one attached hydrogen (secondary N) is 1. The summed E-state index contributed by atoms with van der Waals surface area (Å²) in [5.74, 6) is -0.274. The molecule has 1 aromatic carbocycles. The predicted octanol–water partition coefficient (Wildman–Crippen LogP) is 3.22. The van der Waals surface area contributed by atoms with Crippen molar-refractivity contribution in [1.82, 2.24) is 10.2 Å². The Morgan fingerprint density at radius 1 is 1.56 bits per heavy atom. The molecule has 0 amide bonds. The molecule has 18 heavy (non-hydrogen) atoms. The first kappa shape index (κ1) is 13.8. The van der Waals surface area contributed by atoms with E-state index in [1.165, 1.54) is 25.0 Å². The molecule has 2 unspecified atom stereocenters. The first-order chi connectivity index (χ1) is 8.63. The van der Waals surface area contributed by atoms with Crippen LogP contribution in [0.2, 0.25) is 5.02 Å². The van der Waals surface area contributed by atoms with Crippen LogP contribution in [0.15, 0.2) is 18.2 Å². The maximum Gasteiger partial charge on any atom is 0.124 e. The Balaban J connectivity index is 2.17. The van der Waals surface area contributed by atoms with Crippen LogP contribution in [0.25, 0.3) is 0 Å². The molecule has 1 heterocycles. The molecule has 0 bridgehead atoms. The molecule has 2 atom stereocenters. The van der Waals surface area contributed by atoms with Gasteiger partial charge in [0.25, 0.3) is 0 Å². The van der Waals surface area contributed by atoms with Crippen LogP contribution in [0.4, 0.5) is 4.39 Å². The number of nitrogens with zero attached hydrogens (tertiary/aromatic N) is 1. The lowest BCUT2D eigenvalue weighted by Crippen LogP contribution is -2.38. The molecule has 0 aliphatic carbocycles. The second-order valence-corrected chi connectivity index (χ2v) is 5.34. The van der Waals surface area contributed by atoms with Crippen molar-refractivity contribution in [1.29, 1.82) is 0 Å². The third kappa shape index (κ3) is 2.85. The summed E-state index contributed by atoms with van der Waals surface area (Å²) >= 11 is 6.15. The minimum Gasteiger partial charge on any atom is -0.318 e. The fourth-order valence-corrected chi connectivity index (χ4v) is 3.17. The molecule has 0 saturated carbocycles. The lowest BCUT2D eigenvalue weighted by Gasteiger charge is -2.31. The fourth-order valence-electron chi connectivity index (χ4n) is 2.84. The molecule has 2 nitrogen and oxygen atoms in total. The first-order valence-electron chi connectivity index (χ1n) is 6.48. The fraction of sp³-hybridized carbons (Fsp3) is 0.571. The summed E-state index contributed by atoms with van der Waals surface area (Å²) < 4.78 is 13.1. The summed E-state index contributed by atoms with van der Waals surface area (Å²) in [7, 11) is 1.98.